The van der Waals surface area contributed by atoms with Gasteiger partial charge in [-0.05, 0) is 42.2 Å². The van der Waals surface area contributed by atoms with Crippen molar-refractivity contribution in [3.05, 3.63) is 65.2 Å². The van der Waals surface area contributed by atoms with Crippen molar-refractivity contribution in [2.75, 3.05) is 13.1 Å². The molecule has 1 saturated heterocycles. The second-order valence-electron chi connectivity index (χ2n) is 9.50. The molecule has 0 radical (unpaired) electrons. The molecule has 6 rings (SSSR count). The third kappa shape index (κ3) is 4.52. The van der Waals surface area contributed by atoms with E-state index in [2.05, 4.69) is 15.0 Å². The molecule has 3 heterocycles. The number of imidazole rings is 1. The van der Waals surface area contributed by atoms with E-state index in [-0.39, 0.29) is 23.5 Å². The van der Waals surface area contributed by atoms with Crippen LogP contribution in [-0.2, 0) is 4.79 Å². The summed E-state index contributed by atoms with van der Waals surface area (Å²) in [7, 11) is 0. The number of pyridine rings is 1. The number of halogens is 1. The Balaban J connectivity index is 1.14. The SMILES string of the molecule is O=C(O)c1ccc(-c2ccc(-c3nc4nc(O[C@H]5C[C@@H](C(=O)N6CC(O)C6)C5)[nH]c4cc3Cl)cc2)cc1. The van der Waals surface area contributed by atoms with Gasteiger partial charge in [-0.15, -0.1) is 0 Å². The molecule has 0 spiro atoms. The number of aliphatic hydroxyl groups excluding tert-OH is 1. The van der Waals surface area contributed by atoms with Crippen molar-refractivity contribution in [1.29, 1.82) is 0 Å². The summed E-state index contributed by atoms with van der Waals surface area (Å²) in [4.78, 5) is 37.3. The largest absolute Gasteiger partial charge is 0.478 e. The normalized spacial score (nSPS) is 19.4. The van der Waals surface area contributed by atoms with Gasteiger partial charge < -0.3 is 24.8 Å². The number of ether oxygens (including phenoxy) is 1. The first-order valence-corrected chi connectivity index (χ1v) is 12.4. The van der Waals surface area contributed by atoms with Gasteiger partial charge in [0.1, 0.15) is 6.10 Å². The lowest BCUT2D eigenvalue weighted by atomic mass is 9.80. The number of rotatable bonds is 6. The van der Waals surface area contributed by atoms with Crippen LogP contribution < -0.4 is 4.74 Å². The highest BCUT2D eigenvalue weighted by molar-refractivity contribution is 6.33. The molecule has 1 aliphatic carbocycles. The number of fused-ring (bicyclic) bond motifs is 1. The average molecular weight is 519 g/mol. The number of carbonyl (C=O) groups is 2. The number of carbonyl (C=O) groups excluding carboxylic acids is 1. The van der Waals surface area contributed by atoms with Crippen LogP contribution >= 0.6 is 11.6 Å². The maximum absolute atomic E-state index is 12.3. The van der Waals surface area contributed by atoms with E-state index >= 15 is 0 Å². The van der Waals surface area contributed by atoms with Gasteiger partial charge in [0.15, 0.2) is 5.65 Å². The number of nitrogens with zero attached hydrogens (tertiary/aromatic N) is 3. The molecule has 0 atom stereocenters. The smallest absolute Gasteiger partial charge is 0.335 e. The number of hydrogen-bond donors (Lipinski definition) is 3. The summed E-state index contributed by atoms with van der Waals surface area (Å²) < 4.78 is 5.93. The quantitative estimate of drug-likeness (QED) is 0.352. The molecular formula is C27H23ClN4O5. The first kappa shape index (κ1) is 23.4. The summed E-state index contributed by atoms with van der Waals surface area (Å²) in [6, 6.07) is 16.5. The maximum atomic E-state index is 12.3. The number of H-pyrrole nitrogens is 1. The molecular weight excluding hydrogens is 496 g/mol. The standard InChI is InChI=1S/C27H23ClN4O5/c28-21-11-22-24(31-27(29-22)37-20-9-18(10-20)25(34)32-12-19(33)13-32)30-23(21)16-5-1-14(2-6-16)15-3-7-17(8-4-15)26(35)36/h1-8,11,18-20,33H,9-10,12-13H2,(H,35,36)(H,29,30,31)/t18-,20+. The number of carboxylic acid groups (broad SMARTS) is 1. The Morgan fingerprint density at radius 2 is 1.59 bits per heavy atom. The van der Waals surface area contributed by atoms with Crippen LogP contribution in [0.15, 0.2) is 54.6 Å². The Bertz CT molecular complexity index is 1490. The number of aromatic amines is 1. The van der Waals surface area contributed by atoms with Gasteiger partial charge in [0.2, 0.25) is 5.91 Å². The van der Waals surface area contributed by atoms with Crippen LogP contribution in [0.3, 0.4) is 0 Å². The lowest BCUT2D eigenvalue weighted by molar-refractivity contribution is -0.151. The summed E-state index contributed by atoms with van der Waals surface area (Å²) in [5.41, 5.74) is 4.62. The summed E-state index contributed by atoms with van der Waals surface area (Å²) in [5.74, 6) is -0.948. The zero-order valence-corrected chi connectivity index (χ0v) is 20.4. The highest BCUT2D eigenvalue weighted by atomic mass is 35.5. The number of nitrogens with one attached hydrogen (secondary N) is 1. The molecule has 3 N–H and O–H groups in total. The molecule has 2 fully saturated rings. The molecule has 37 heavy (non-hydrogen) atoms. The van der Waals surface area contributed by atoms with Crippen LogP contribution in [0, 0.1) is 5.92 Å². The van der Waals surface area contributed by atoms with E-state index in [1.165, 1.54) is 0 Å². The number of β-amino-alcohol motifs (C(OH)–C–C–N with tert-alkyl or cyclic N) is 1. The summed E-state index contributed by atoms with van der Waals surface area (Å²) in [6.45, 7) is 0.837. The Hall–Kier alpha value is -3.95. The Morgan fingerprint density at radius 1 is 0.973 bits per heavy atom. The minimum absolute atomic E-state index is 0.0703. The topological polar surface area (TPSA) is 129 Å². The zero-order chi connectivity index (χ0) is 25.7. The minimum Gasteiger partial charge on any atom is -0.478 e. The van der Waals surface area contributed by atoms with Crippen molar-refractivity contribution in [3.8, 4) is 28.4 Å². The molecule has 2 aliphatic rings. The van der Waals surface area contributed by atoms with Gasteiger partial charge in [-0.3, -0.25) is 4.79 Å². The third-order valence-electron chi connectivity index (χ3n) is 6.92. The van der Waals surface area contributed by atoms with Gasteiger partial charge in [0.25, 0.3) is 6.01 Å². The van der Waals surface area contributed by atoms with Gasteiger partial charge in [-0.1, -0.05) is 48.0 Å². The minimum atomic E-state index is -0.958. The lowest BCUT2D eigenvalue weighted by Gasteiger charge is -2.42. The van der Waals surface area contributed by atoms with E-state index in [0.717, 1.165) is 16.7 Å². The monoisotopic (exact) mass is 518 g/mol. The lowest BCUT2D eigenvalue weighted by Crippen LogP contribution is -2.57. The van der Waals surface area contributed by atoms with Crippen molar-refractivity contribution in [3.63, 3.8) is 0 Å². The molecule has 0 unspecified atom stereocenters. The number of aromatic carboxylic acids is 1. The van der Waals surface area contributed by atoms with Crippen molar-refractivity contribution < 1.29 is 24.5 Å². The van der Waals surface area contributed by atoms with Gasteiger partial charge in [0.05, 0.1) is 27.9 Å². The fraction of sp³-hybridized carbons (Fsp3) is 0.259. The summed E-state index contributed by atoms with van der Waals surface area (Å²) in [6.07, 6.45) is 0.736. The van der Waals surface area contributed by atoms with Crippen LogP contribution in [0.5, 0.6) is 6.01 Å². The highest BCUT2D eigenvalue weighted by Crippen LogP contribution is 2.35. The molecule has 0 bridgehead atoms. The van der Waals surface area contributed by atoms with Gasteiger partial charge in [-0.2, -0.15) is 4.98 Å². The molecule has 2 aromatic heterocycles. The molecule has 2 aromatic carbocycles. The number of amides is 1. The molecule has 188 valence electrons. The first-order chi connectivity index (χ1) is 17.8. The zero-order valence-electron chi connectivity index (χ0n) is 19.6. The van der Waals surface area contributed by atoms with Gasteiger partial charge in [-0.25, -0.2) is 9.78 Å². The van der Waals surface area contributed by atoms with E-state index < -0.39 is 12.1 Å². The van der Waals surface area contributed by atoms with Gasteiger partial charge >= 0.3 is 5.97 Å². The van der Waals surface area contributed by atoms with Gasteiger partial charge in [0, 0.05) is 24.6 Å². The predicted molar refractivity (Wildman–Crippen MR) is 136 cm³/mol. The fourth-order valence-electron chi connectivity index (χ4n) is 4.69. The van der Waals surface area contributed by atoms with Crippen LogP contribution in [0.1, 0.15) is 23.2 Å². The van der Waals surface area contributed by atoms with E-state index in [1.807, 2.05) is 24.3 Å². The number of hydrogen-bond acceptors (Lipinski definition) is 6. The van der Waals surface area contributed by atoms with E-state index in [4.69, 9.17) is 21.4 Å². The number of likely N-dealkylation sites (tertiary alicyclic amines) is 1. The van der Waals surface area contributed by atoms with Crippen molar-refractivity contribution >= 4 is 34.6 Å². The molecule has 1 aliphatic heterocycles. The Labute approximate surface area is 216 Å². The Morgan fingerprint density at radius 3 is 2.22 bits per heavy atom. The number of aliphatic hydroxyl groups is 1. The van der Waals surface area contributed by atoms with E-state index in [1.54, 1.807) is 35.2 Å². The first-order valence-electron chi connectivity index (χ1n) is 12.0. The Kier molecular flexibility index (Phi) is 5.81. The van der Waals surface area contributed by atoms with E-state index in [0.29, 0.717) is 53.8 Å². The van der Waals surface area contributed by atoms with Crippen LogP contribution in [0.25, 0.3) is 33.5 Å². The predicted octanol–water partition coefficient (Wildman–Crippen LogP) is 4.00. The average Bonchev–Trinajstić information content (AvgIpc) is 3.24. The summed E-state index contributed by atoms with van der Waals surface area (Å²) in [5, 5.41) is 18.9. The molecule has 1 saturated carbocycles. The number of carboxylic acids is 1. The maximum Gasteiger partial charge on any atom is 0.335 e. The van der Waals surface area contributed by atoms with E-state index in [9.17, 15) is 14.7 Å². The third-order valence-corrected chi connectivity index (χ3v) is 7.21. The molecule has 1 amide bonds. The second-order valence-corrected chi connectivity index (χ2v) is 9.90. The molecule has 9 nitrogen and oxygen atoms in total. The van der Waals surface area contributed by atoms with Crippen LogP contribution in [-0.4, -0.2) is 67.2 Å². The van der Waals surface area contributed by atoms with Crippen LogP contribution in [0.4, 0.5) is 0 Å². The fourth-order valence-corrected chi connectivity index (χ4v) is 4.96. The second kappa shape index (κ2) is 9.17. The van der Waals surface area contributed by atoms with Crippen LogP contribution in [0.2, 0.25) is 5.02 Å². The van der Waals surface area contributed by atoms with Crippen molar-refractivity contribution in [2.24, 2.45) is 5.92 Å². The number of aromatic nitrogens is 3. The molecule has 10 heteroatoms. The molecule has 4 aromatic rings. The number of benzene rings is 2. The van der Waals surface area contributed by atoms with Crippen molar-refractivity contribution in [1.82, 2.24) is 19.9 Å². The summed E-state index contributed by atoms with van der Waals surface area (Å²) >= 11 is 6.54. The highest BCUT2D eigenvalue weighted by Gasteiger charge is 2.41. The van der Waals surface area contributed by atoms with Crippen molar-refractivity contribution in [2.45, 2.75) is 25.0 Å².